The standard InChI is InChI=1S/C26H36N6O3/c1-4-35-24(33)20-10-6-8-12-22(20)30-26(34)28-18-15-13-17(14-16-18)27-25-29-21-11-7-5-9-19(21)23(31-25)32(2)3/h6,8,10,12,17-18H,4-5,7,9,11,13-16H2,1-3H3,(H,27,29,31)(H2,28,30,34). The summed E-state index contributed by atoms with van der Waals surface area (Å²) in [6, 6.07) is 6.91. The van der Waals surface area contributed by atoms with Gasteiger partial charge in [-0.1, -0.05) is 12.1 Å². The third-order valence-electron chi connectivity index (χ3n) is 6.65. The summed E-state index contributed by atoms with van der Waals surface area (Å²) >= 11 is 0. The monoisotopic (exact) mass is 480 g/mol. The van der Waals surface area contributed by atoms with Crippen molar-refractivity contribution < 1.29 is 14.3 Å². The largest absolute Gasteiger partial charge is 0.462 e. The molecule has 0 saturated heterocycles. The lowest BCUT2D eigenvalue weighted by Gasteiger charge is -2.30. The number of para-hydroxylation sites is 1. The molecule has 0 spiro atoms. The predicted octanol–water partition coefficient (Wildman–Crippen LogP) is 4.14. The Labute approximate surface area is 207 Å². The van der Waals surface area contributed by atoms with Gasteiger partial charge in [-0.25, -0.2) is 14.6 Å². The van der Waals surface area contributed by atoms with Crippen molar-refractivity contribution >= 4 is 29.5 Å². The number of hydrogen-bond acceptors (Lipinski definition) is 7. The molecule has 1 aromatic carbocycles. The van der Waals surface area contributed by atoms with Crippen LogP contribution >= 0.6 is 0 Å². The molecule has 3 N–H and O–H groups in total. The Morgan fingerprint density at radius 3 is 2.49 bits per heavy atom. The summed E-state index contributed by atoms with van der Waals surface area (Å²) in [6.07, 6.45) is 7.99. The molecule has 9 nitrogen and oxygen atoms in total. The minimum Gasteiger partial charge on any atom is -0.462 e. The number of aromatic nitrogens is 2. The van der Waals surface area contributed by atoms with Gasteiger partial charge < -0.3 is 25.6 Å². The highest BCUT2D eigenvalue weighted by Gasteiger charge is 2.25. The molecule has 0 unspecified atom stereocenters. The van der Waals surface area contributed by atoms with E-state index in [4.69, 9.17) is 14.7 Å². The van der Waals surface area contributed by atoms with Crippen molar-refractivity contribution in [1.82, 2.24) is 15.3 Å². The molecular formula is C26H36N6O3. The lowest BCUT2D eigenvalue weighted by Crippen LogP contribution is -2.42. The highest BCUT2D eigenvalue weighted by atomic mass is 16.5. The van der Waals surface area contributed by atoms with Crippen LogP contribution in [0.2, 0.25) is 0 Å². The minimum atomic E-state index is -0.447. The number of carbonyl (C=O) groups is 2. The molecule has 9 heteroatoms. The summed E-state index contributed by atoms with van der Waals surface area (Å²) in [7, 11) is 4.07. The van der Waals surface area contributed by atoms with Crippen LogP contribution in [0, 0.1) is 0 Å². The molecule has 35 heavy (non-hydrogen) atoms. The van der Waals surface area contributed by atoms with E-state index in [-0.39, 0.29) is 24.7 Å². The number of benzene rings is 1. The topological polar surface area (TPSA) is 108 Å². The summed E-state index contributed by atoms with van der Waals surface area (Å²) < 4.78 is 5.08. The number of amides is 2. The number of anilines is 3. The van der Waals surface area contributed by atoms with Gasteiger partial charge in [0.2, 0.25) is 5.95 Å². The highest BCUT2D eigenvalue weighted by molar-refractivity contribution is 6.00. The zero-order valence-corrected chi connectivity index (χ0v) is 20.9. The number of urea groups is 1. The Morgan fingerprint density at radius 2 is 1.74 bits per heavy atom. The van der Waals surface area contributed by atoms with Crippen molar-refractivity contribution in [3.8, 4) is 0 Å². The average Bonchev–Trinajstić information content (AvgIpc) is 2.85. The van der Waals surface area contributed by atoms with Crippen LogP contribution in [0.15, 0.2) is 24.3 Å². The SMILES string of the molecule is CCOC(=O)c1ccccc1NC(=O)NC1CCC(Nc2nc3c(c(N(C)C)n2)CCCC3)CC1. The maximum atomic E-state index is 12.6. The van der Waals surface area contributed by atoms with Gasteiger partial charge in [0, 0.05) is 31.7 Å². The fourth-order valence-electron chi connectivity index (χ4n) is 4.90. The van der Waals surface area contributed by atoms with Gasteiger partial charge in [0.1, 0.15) is 5.82 Å². The number of esters is 1. The van der Waals surface area contributed by atoms with Crippen LogP contribution in [0.3, 0.4) is 0 Å². The van der Waals surface area contributed by atoms with Gasteiger partial charge in [-0.15, -0.1) is 0 Å². The van der Waals surface area contributed by atoms with Crippen LogP contribution in [0.25, 0.3) is 0 Å². The molecule has 1 heterocycles. The van der Waals surface area contributed by atoms with E-state index in [9.17, 15) is 9.59 Å². The number of ether oxygens (including phenoxy) is 1. The Morgan fingerprint density at radius 1 is 1.03 bits per heavy atom. The predicted molar refractivity (Wildman–Crippen MR) is 137 cm³/mol. The van der Waals surface area contributed by atoms with Gasteiger partial charge in [-0.05, 0) is 70.4 Å². The van der Waals surface area contributed by atoms with Crippen molar-refractivity contribution in [1.29, 1.82) is 0 Å². The molecule has 0 radical (unpaired) electrons. The number of aryl methyl sites for hydroxylation is 1. The molecule has 1 aromatic heterocycles. The smallest absolute Gasteiger partial charge is 0.340 e. The molecule has 2 aliphatic rings. The van der Waals surface area contributed by atoms with E-state index in [1.165, 1.54) is 24.1 Å². The van der Waals surface area contributed by atoms with Gasteiger partial charge in [0.15, 0.2) is 0 Å². The van der Waals surface area contributed by atoms with E-state index in [1.807, 2.05) is 14.1 Å². The number of fused-ring (bicyclic) bond motifs is 1. The minimum absolute atomic E-state index is 0.0737. The number of nitrogens with one attached hydrogen (secondary N) is 3. The van der Waals surface area contributed by atoms with Gasteiger partial charge in [-0.2, -0.15) is 4.98 Å². The van der Waals surface area contributed by atoms with E-state index in [2.05, 4.69) is 20.9 Å². The van der Waals surface area contributed by atoms with E-state index < -0.39 is 5.97 Å². The Bertz CT molecular complexity index is 1050. The third kappa shape index (κ3) is 6.21. The Balaban J connectivity index is 1.30. The van der Waals surface area contributed by atoms with Gasteiger partial charge in [-0.3, -0.25) is 0 Å². The average molecular weight is 481 g/mol. The third-order valence-corrected chi connectivity index (χ3v) is 6.65. The van der Waals surface area contributed by atoms with E-state index in [0.29, 0.717) is 17.2 Å². The van der Waals surface area contributed by atoms with Crippen LogP contribution in [0.5, 0.6) is 0 Å². The van der Waals surface area contributed by atoms with Crippen LogP contribution in [0.4, 0.5) is 22.2 Å². The first-order valence-electron chi connectivity index (χ1n) is 12.6. The molecule has 4 rings (SSSR count). The quantitative estimate of drug-likeness (QED) is 0.511. The lowest BCUT2D eigenvalue weighted by atomic mass is 9.91. The number of hydrogen-bond donors (Lipinski definition) is 3. The van der Waals surface area contributed by atoms with Crippen molar-refractivity contribution in [2.24, 2.45) is 0 Å². The van der Waals surface area contributed by atoms with Crippen LogP contribution in [-0.2, 0) is 17.6 Å². The second-order valence-electron chi connectivity index (χ2n) is 9.46. The van der Waals surface area contributed by atoms with Gasteiger partial charge >= 0.3 is 12.0 Å². The number of rotatable bonds is 7. The second kappa shape index (κ2) is 11.4. The van der Waals surface area contributed by atoms with Crippen molar-refractivity contribution in [3.63, 3.8) is 0 Å². The lowest BCUT2D eigenvalue weighted by molar-refractivity contribution is 0.0527. The maximum Gasteiger partial charge on any atom is 0.340 e. The molecule has 0 atom stereocenters. The van der Waals surface area contributed by atoms with Crippen molar-refractivity contribution in [3.05, 3.63) is 41.1 Å². The summed E-state index contributed by atoms with van der Waals surface area (Å²) in [5, 5.41) is 9.39. The zero-order valence-electron chi connectivity index (χ0n) is 20.9. The zero-order chi connectivity index (χ0) is 24.8. The first kappa shape index (κ1) is 24.8. The summed E-state index contributed by atoms with van der Waals surface area (Å²) in [5.41, 5.74) is 3.25. The van der Waals surface area contributed by atoms with Crippen LogP contribution in [0.1, 0.15) is 67.1 Å². The van der Waals surface area contributed by atoms with E-state index >= 15 is 0 Å². The summed E-state index contributed by atoms with van der Waals surface area (Å²) in [4.78, 5) is 36.5. The molecule has 1 saturated carbocycles. The molecule has 2 amide bonds. The first-order chi connectivity index (χ1) is 16.9. The molecule has 188 valence electrons. The van der Waals surface area contributed by atoms with Crippen molar-refractivity contribution in [2.45, 2.75) is 70.4 Å². The molecule has 2 aromatic rings. The normalized spacial score (nSPS) is 19.3. The Kier molecular flexibility index (Phi) is 8.05. The molecule has 0 aliphatic heterocycles. The molecular weight excluding hydrogens is 444 g/mol. The highest BCUT2D eigenvalue weighted by Crippen LogP contribution is 2.29. The van der Waals surface area contributed by atoms with Gasteiger partial charge in [0.05, 0.1) is 23.6 Å². The Hall–Kier alpha value is -3.36. The van der Waals surface area contributed by atoms with E-state index in [1.54, 1.807) is 31.2 Å². The second-order valence-corrected chi connectivity index (χ2v) is 9.46. The van der Waals surface area contributed by atoms with Crippen molar-refractivity contribution in [2.75, 3.05) is 36.2 Å². The van der Waals surface area contributed by atoms with Crippen LogP contribution < -0.4 is 20.9 Å². The molecule has 2 aliphatic carbocycles. The van der Waals surface area contributed by atoms with Crippen LogP contribution in [-0.4, -0.2) is 54.8 Å². The van der Waals surface area contributed by atoms with E-state index in [0.717, 1.165) is 44.3 Å². The fraction of sp³-hybridized carbons (Fsp3) is 0.538. The first-order valence-corrected chi connectivity index (χ1v) is 12.6. The fourth-order valence-corrected chi connectivity index (χ4v) is 4.90. The summed E-state index contributed by atoms with van der Waals surface area (Å²) in [5.74, 6) is 1.28. The molecule has 0 bridgehead atoms. The number of carbonyl (C=O) groups excluding carboxylic acids is 2. The summed E-state index contributed by atoms with van der Waals surface area (Å²) in [6.45, 7) is 2.04. The number of nitrogens with zero attached hydrogens (tertiary/aromatic N) is 3. The van der Waals surface area contributed by atoms with Gasteiger partial charge in [0.25, 0.3) is 0 Å². The maximum absolute atomic E-state index is 12.6. The molecule has 1 fully saturated rings.